The molecule has 0 N–H and O–H groups in total. The Morgan fingerprint density at radius 1 is 0.971 bits per heavy atom. The number of nitrogens with zero attached hydrogens (tertiary/aromatic N) is 4. The van der Waals surface area contributed by atoms with Crippen LogP contribution in [0.2, 0.25) is 0 Å². The molecule has 1 aliphatic rings. The molecule has 184 valence electrons. The molecule has 0 amide bonds. The van der Waals surface area contributed by atoms with Crippen LogP contribution in [0, 0.1) is 0 Å². The van der Waals surface area contributed by atoms with Gasteiger partial charge in [0, 0.05) is 39.7 Å². The van der Waals surface area contributed by atoms with E-state index in [-0.39, 0.29) is 15.4 Å². The predicted octanol–water partition coefficient (Wildman–Crippen LogP) is 2.92. The summed E-state index contributed by atoms with van der Waals surface area (Å²) in [6.45, 7) is 3.53. The molecule has 1 saturated heterocycles. The topological polar surface area (TPSA) is 102 Å². The summed E-state index contributed by atoms with van der Waals surface area (Å²) in [5.74, 6) is 0.617. The van der Waals surface area contributed by atoms with Gasteiger partial charge in [-0.1, -0.05) is 19.1 Å². The number of benzene rings is 2. The number of anilines is 1. The zero-order valence-corrected chi connectivity index (χ0v) is 21.4. The van der Waals surface area contributed by atoms with E-state index in [0.717, 1.165) is 33.0 Å². The van der Waals surface area contributed by atoms with Gasteiger partial charge in [-0.15, -0.1) is 5.10 Å². The summed E-state index contributed by atoms with van der Waals surface area (Å²) in [6.07, 6.45) is 2.58. The van der Waals surface area contributed by atoms with Crippen LogP contribution in [0.3, 0.4) is 0 Å². The van der Waals surface area contributed by atoms with Gasteiger partial charge in [-0.25, -0.2) is 12.7 Å². The summed E-state index contributed by atoms with van der Waals surface area (Å²) in [6, 6.07) is 12.4. The van der Waals surface area contributed by atoms with Gasteiger partial charge < -0.3 is 9.64 Å². The molecule has 11 heteroatoms. The fourth-order valence-corrected chi connectivity index (χ4v) is 6.55. The largest absolute Gasteiger partial charge is 0.378 e. The Hall–Kier alpha value is -2.47. The van der Waals surface area contributed by atoms with Crippen LogP contribution in [-0.4, -0.2) is 70.2 Å². The van der Waals surface area contributed by atoms with E-state index in [1.807, 2.05) is 12.1 Å². The lowest BCUT2D eigenvalue weighted by atomic mass is 9.88. The second kappa shape index (κ2) is 8.95. The SMILES string of the molecule is CCC1(OC)CCN(c2nn(S(=O)(=O)c3ccc(S(=O)(=O)N(C)C)cc3)c3ccccc23)CC1. The molecule has 2 aromatic carbocycles. The third-order valence-corrected chi connectivity index (χ3v) is 10.1. The van der Waals surface area contributed by atoms with E-state index in [0.29, 0.717) is 24.4 Å². The Balaban J connectivity index is 1.73. The van der Waals surface area contributed by atoms with Gasteiger partial charge >= 0.3 is 0 Å². The highest BCUT2D eigenvalue weighted by Crippen LogP contribution is 2.35. The number of ether oxygens (including phenoxy) is 1. The number of hydrogen-bond donors (Lipinski definition) is 0. The van der Waals surface area contributed by atoms with Gasteiger partial charge in [0.1, 0.15) is 0 Å². The van der Waals surface area contributed by atoms with Crippen molar-refractivity contribution < 1.29 is 21.6 Å². The molecule has 1 aromatic heterocycles. The van der Waals surface area contributed by atoms with Crippen LogP contribution in [0.15, 0.2) is 58.3 Å². The van der Waals surface area contributed by atoms with Gasteiger partial charge in [0.05, 0.1) is 20.9 Å². The maximum absolute atomic E-state index is 13.5. The van der Waals surface area contributed by atoms with Crippen LogP contribution in [0.25, 0.3) is 10.9 Å². The van der Waals surface area contributed by atoms with Crippen molar-refractivity contribution in [3.05, 3.63) is 48.5 Å². The van der Waals surface area contributed by atoms with Gasteiger partial charge in [0.15, 0.2) is 5.82 Å². The highest BCUT2D eigenvalue weighted by Gasteiger charge is 2.35. The normalized spacial score (nSPS) is 16.9. The van der Waals surface area contributed by atoms with Gasteiger partial charge in [0.2, 0.25) is 10.0 Å². The van der Waals surface area contributed by atoms with Crippen molar-refractivity contribution >= 4 is 36.8 Å². The third kappa shape index (κ3) is 4.10. The monoisotopic (exact) mass is 506 g/mol. The Morgan fingerprint density at radius 2 is 1.56 bits per heavy atom. The Bertz CT molecular complexity index is 1380. The van der Waals surface area contributed by atoms with Gasteiger partial charge in [0.25, 0.3) is 10.0 Å². The van der Waals surface area contributed by atoms with Crippen molar-refractivity contribution in [3.8, 4) is 0 Å². The molecule has 2 heterocycles. The fourth-order valence-electron chi connectivity index (χ4n) is 4.36. The Labute approximate surface area is 201 Å². The summed E-state index contributed by atoms with van der Waals surface area (Å²) < 4.78 is 59.7. The lowest BCUT2D eigenvalue weighted by Crippen LogP contribution is -2.45. The molecular formula is C23H30N4O5S2. The van der Waals surface area contributed by atoms with Gasteiger partial charge in [-0.05, 0) is 55.7 Å². The maximum Gasteiger partial charge on any atom is 0.283 e. The lowest BCUT2D eigenvalue weighted by Gasteiger charge is -2.40. The second-order valence-corrected chi connectivity index (χ2v) is 12.6. The van der Waals surface area contributed by atoms with E-state index in [1.165, 1.54) is 38.4 Å². The second-order valence-electron chi connectivity index (χ2n) is 8.68. The average Bonchev–Trinajstić information content (AvgIpc) is 3.24. The highest BCUT2D eigenvalue weighted by molar-refractivity contribution is 7.90. The molecule has 0 saturated carbocycles. The fraction of sp³-hybridized carbons (Fsp3) is 0.435. The molecule has 34 heavy (non-hydrogen) atoms. The van der Waals surface area contributed by atoms with Crippen molar-refractivity contribution in [2.24, 2.45) is 0 Å². The van der Waals surface area contributed by atoms with Gasteiger partial charge in [-0.3, -0.25) is 0 Å². The molecule has 0 spiro atoms. The number of fused-ring (bicyclic) bond motifs is 1. The summed E-state index contributed by atoms with van der Waals surface area (Å²) in [5, 5.41) is 5.30. The van der Waals surface area contributed by atoms with E-state index in [9.17, 15) is 16.8 Å². The van der Waals surface area contributed by atoms with E-state index in [2.05, 4.69) is 16.9 Å². The van der Waals surface area contributed by atoms with E-state index >= 15 is 0 Å². The van der Waals surface area contributed by atoms with Crippen LogP contribution in [0.5, 0.6) is 0 Å². The third-order valence-electron chi connectivity index (χ3n) is 6.72. The molecule has 0 bridgehead atoms. The number of para-hydroxylation sites is 1. The smallest absolute Gasteiger partial charge is 0.283 e. The molecule has 0 radical (unpaired) electrons. The predicted molar refractivity (Wildman–Crippen MR) is 131 cm³/mol. The van der Waals surface area contributed by atoms with Crippen LogP contribution in [0.4, 0.5) is 5.82 Å². The number of hydrogen-bond acceptors (Lipinski definition) is 7. The first-order valence-electron chi connectivity index (χ1n) is 11.1. The van der Waals surface area contributed by atoms with Gasteiger partial charge in [-0.2, -0.15) is 12.5 Å². The first kappa shape index (κ1) is 24.6. The van der Waals surface area contributed by atoms with Crippen molar-refractivity contribution in [1.29, 1.82) is 0 Å². The summed E-state index contributed by atoms with van der Waals surface area (Å²) in [5.41, 5.74) is 0.317. The summed E-state index contributed by atoms with van der Waals surface area (Å²) in [7, 11) is -3.12. The van der Waals surface area contributed by atoms with Crippen LogP contribution >= 0.6 is 0 Å². The van der Waals surface area contributed by atoms with E-state index in [4.69, 9.17) is 4.74 Å². The van der Waals surface area contributed by atoms with Crippen molar-refractivity contribution in [2.75, 3.05) is 39.2 Å². The van der Waals surface area contributed by atoms with E-state index < -0.39 is 20.0 Å². The molecule has 0 aliphatic carbocycles. The minimum atomic E-state index is -4.05. The Kier molecular flexibility index (Phi) is 6.49. The first-order chi connectivity index (χ1) is 16.1. The Morgan fingerprint density at radius 3 is 2.12 bits per heavy atom. The highest BCUT2D eigenvalue weighted by atomic mass is 32.2. The van der Waals surface area contributed by atoms with E-state index in [1.54, 1.807) is 19.2 Å². The number of methoxy groups -OCH3 is 1. The van der Waals surface area contributed by atoms with Crippen LogP contribution in [-0.2, 0) is 24.8 Å². The number of rotatable bonds is 7. The van der Waals surface area contributed by atoms with Crippen molar-refractivity contribution in [2.45, 2.75) is 41.6 Å². The molecule has 0 unspecified atom stereocenters. The zero-order chi connectivity index (χ0) is 24.7. The molecule has 4 rings (SSSR count). The lowest BCUT2D eigenvalue weighted by molar-refractivity contribution is -0.0323. The molecule has 0 atom stereocenters. The summed E-state index contributed by atoms with van der Waals surface area (Å²) >= 11 is 0. The van der Waals surface area contributed by atoms with Crippen LogP contribution in [0.1, 0.15) is 26.2 Å². The first-order valence-corrected chi connectivity index (χ1v) is 14.0. The molecular weight excluding hydrogens is 476 g/mol. The minimum absolute atomic E-state index is 0.0216. The molecule has 1 fully saturated rings. The number of piperidine rings is 1. The molecule has 3 aromatic rings. The quantitative estimate of drug-likeness (QED) is 0.486. The molecule has 9 nitrogen and oxygen atoms in total. The standard InChI is InChI=1S/C23H30N4O5S2/c1-5-23(32-4)14-16-26(17-15-23)22-20-8-6-7-9-21(20)27(24-22)34(30,31)19-12-10-18(11-13-19)33(28,29)25(2)3/h6-13H,5,14-17H2,1-4H3. The van der Waals surface area contributed by atoms with Crippen molar-refractivity contribution in [3.63, 3.8) is 0 Å². The van der Waals surface area contributed by atoms with Crippen molar-refractivity contribution in [1.82, 2.24) is 13.5 Å². The van der Waals surface area contributed by atoms with Crippen LogP contribution < -0.4 is 4.90 Å². The average molecular weight is 507 g/mol. The zero-order valence-electron chi connectivity index (χ0n) is 19.8. The molecule has 1 aliphatic heterocycles. The minimum Gasteiger partial charge on any atom is -0.378 e. The summed E-state index contributed by atoms with van der Waals surface area (Å²) in [4.78, 5) is 2.09. The maximum atomic E-state index is 13.5. The number of sulfonamides is 1. The number of aromatic nitrogens is 2.